The SMILES string of the molecule is CCNC(=NCC(C)CO)N1CCC(N(CC2CC2)C(=O)OC(C)(C)C)CC1.I. The van der Waals surface area contributed by atoms with E-state index in [9.17, 15) is 9.90 Å². The molecule has 0 radical (unpaired) electrons. The summed E-state index contributed by atoms with van der Waals surface area (Å²) in [4.78, 5) is 21.7. The summed E-state index contributed by atoms with van der Waals surface area (Å²) in [7, 11) is 0. The molecule has 8 heteroatoms. The predicted octanol–water partition coefficient (Wildman–Crippen LogP) is 3.31. The Labute approximate surface area is 193 Å². The number of carbonyl (C=O) groups excluding carboxylic acids is 1. The van der Waals surface area contributed by atoms with Gasteiger partial charge in [-0.3, -0.25) is 4.99 Å². The summed E-state index contributed by atoms with van der Waals surface area (Å²) in [5.41, 5.74) is -0.464. The Bertz CT molecular complexity index is 527. The fourth-order valence-electron chi connectivity index (χ4n) is 3.39. The highest BCUT2D eigenvalue weighted by Gasteiger charge is 2.35. The maximum atomic E-state index is 12.8. The van der Waals surface area contributed by atoms with Crippen molar-refractivity contribution < 1.29 is 14.6 Å². The molecule has 1 atom stereocenters. The lowest BCUT2D eigenvalue weighted by Gasteiger charge is -2.40. The topological polar surface area (TPSA) is 77.4 Å². The summed E-state index contributed by atoms with van der Waals surface area (Å²) in [5.74, 6) is 1.71. The molecule has 2 N–H and O–H groups in total. The number of ether oxygens (including phenoxy) is 1. The molecule has 1 saturated carbocycles. The summed E-state index contributed by atoms with van der Waals surface area (Å²) < 4.78 is 5.69. The van der Waals surface area contributed by atoms with E-state index in [1.165, 1.54) is 12.8 Å². The van der Waals surface area contributed by atoms with Gasteiger partial charge >= 0.3 is 6.09 Å². The van der Waals surface area contributed by atoms with Gasteiger partial charge in [0.2, 0.25) is 0 Å². The number of hydrogen-bond donors (Lipinski definition) is 2. The first-order chi connectivity index (χ1) is 13.2. The van der Waals surface area contributed by atoms with Gasteiger partial charge in [-0.25, -0.2) is 4.79 Å². The van der Waals surface area contributed by atoms with Crippen LogP contribution in [0.4, 0.5) is 4.79 Å². The molecule has 0 bridgehead atoms. The molecule has 1 aliphatic heterocycles. The van der Waals surface area contributed by atoms with Crippen molar-refractivity contribution in [3.63, 3.8) is 0 Å². The van der Waals surface area contributed by atoms with Crippen LogP contribution in [-0.2, 0) is 4.74 Å². The van der Waals surface area contributed by atoms with Crippen LogP contribution in [0.15, 0.2) is 4.99 Å². The predicted molar refractivity (Wildman–Crippen MR) is 128 cm³/mol. The average molecular weight is 524 g/mol. The van der Waals surface area contributed by atoms with Gasteiger partial charge in [0.25, 0.3) is 0 Å². The lowest BCUT2D eigenvalue weighted by molar-refractivity contribution is 0.00928. The van der Waals surface area contributed by atoms with Crippen LogP contribution in [0.3, 0.4) is 0 Å². The zero-order valence-electron chi connectivity index (χ0n) is 18.8. The van der Waals surface area contributed by atoms with Gasteiger partial charge in [-0.15, -0.1) is 24.0 Å². The average Bonchev–Trinajstić information content (AvgIpc) is 3.46. The van der Waals surface area contributed by atoms with E-state index < -0.39 is 5.60 Å². The van der Waals surface area contributed by atoms with Gasteiger partial charge in [0.05, 0.1) is 0 Å². The van der Waals surface area contributed by atoms with Gasteiger partial charge in [0.15, 0.2) is 5.96 Å². The lowest BCUT2D eigenvalue weighted by atomic mass is 10.0. The number of piperidine rings is 1. The second-order valence-electron chi connectivity index (χ2n) is 9.28. The molecule has 0 aromatic heterocycles. The Balaban J connectivity index is 0.00000420. The molecular formula is C21H41IN4O3. The largest absolute Gasteiger partial charge is 0.444 e. The van der Waals surface area contributed by atoms with Crippen LogP contribution in [-0.4, -0.2) is 77.9 Å². The first-order valence-corrected chi connectivity index (χ1v) is 10.9. The quantitative estimate of drug-likeness (QED) is 0.304. The number of amides is 1. The summed E-state index contributed by atoms with van der Waals surface area (Å²) in [5, 5.41) is 12.6. The summed E-state index contributed by atoms with van der Waals surface area (Å²) in [6, 6.07) is 0.228. The minimum absolute atomic E-state index is 0. The normalized spacial score (nSPS) is 19.4. The van der Waals surface area contributed by atoms with E-state index in [-0.39, 0.29) is 48.6 Å². The molecule has 0 aromatic rings. The van der Waals surface area contributed by atoms with Gasteiger partial charge in [0.1, 0.15) is 5.60 Å². The number of hydrogen-bond acceptors (Lipinski definition) is 4. The summed E-state index contributed by atoms with van der Waals surface area (Å²) in [6.45, 7) is 14.0. The van der Waals surface area contributed by atoms with Crippen LogP contribution < -0.4 is 5.32 Å². The molecule has 1 heterocycles. The molecule has 0 spiro atoms. The highest BCUT2D eigenvalue weighted by atomic mass is 127. The number of aliphatic hydroxyl groups is 1. The van der Waals surface area contributed by atoms with Crippen LogP contribution in [0.2, 0.25) is 0 Å². The van der Waals surface area contributed by atoms with Crippen molar-refractivity contribution in [2.75, 3.05) is 39.3 Å². The smallest absolute Gasteiger partial charge is 0.410 e. The standard InChI is InChI=1S/C21H40N4O3.HI/c1-6-22-19(23-13-16(2)15-26)24-11-9-18(10-12-24)25(14-17-7-8-17)20(27)28-21(3,4)5;/h16-18,26H,6-15H2,1-5H3,(H,22,23);1H. The molecule has 170 valence electrons. The van der Waals surface area contributed by atoms with Crippen LogP contribution in [0, 0.1) is 11.8 Å². The minimum Gasteiger partial charge on any atom is -0.444 e. The van der Waals surface area contributed by atoms with Crippen LogP contribution in [0.25, 0.3) is 0 Å². The number of aliphatic hydroxyl groups excluding tert-OH is 1. The molecule has 1 saturated heterocycles. The van der Waals surface area contributed by atoms with Crippen molar-refractivity contribution in [2.45, 2.75) is 71.9 Å². The molecular weight excluding hydrogens is 483 g/mol. The lowest BCUT2D eigenvalue weighted by Crippen LogP contribution is -2.52. The van der Waals surface area contributed by atoms with Gasteiger partial charge in [0, 0.05) is 45.4 Å². The molecule has 2 aliphatic rings. The Morgan fingerprint density at radius 2 is 1.90 bits per heavy atom. The first kappa shape index (κ1) is 26.3. The Morgan fingerprint density at radius 3 is 2.38 bits per heavy atom. The number of nitrogens with zero attached hydrogens (tertiary/aromatic N) is 3. The molecule has 0 aromatic carbocycles. The van der Waals surface area contributed by atoms with E-state index in [1.807, 2.05) is 32.6 Å². The van der Waals surface area contributed by atoms with Crippen molar-refractivity contribution in [2.24, 2.45) is 16.8 Å². The second kappa shape index (κ2) is 12.2. The van der Waals surface area contributed by atoms with Crippen LogP contribution in [0.5, 0.6) is 0 Å². The molecule has 1 unspecified atom stereocenters. The molecule has 29 heavy (non-hydrogen) atoms. The minimum atomic E-state index is -0.464. The third-order valence-electron chi connectivity index (χ3n) is 5.18. The van der Waals surface area contributed by atoms with Gasteiger partial charge in [-0.1, -0.05) is 6.92 Å². The van der Waals surface area contributed by atoms with E-state index in [1.54, 1.807) is 0 Å². The number of guanidine groups is 1. The summed E-state index contributed by atoms with van der Waals surface area (Å²) >= 11 is 0. The van der Waals surface area contributed by atoms with E-state index in [0.29, 0.717) is 12.5 Å². The maximum absolute atomic E-state index is 12.8. The zero-order valence-corrected chi connectivity index (χ0v) is 21.1. The number of halogens is 1. The number of rotatable bonds is 7. The Hall–Kier alpha value is -0.770. The van der Waals surface area contributed by atoms with Gasteiger partial charge < -0.3 is 25.0 Å². The van der Waals surface area contributed by atoms with E-state index in [0.717, 1.165) is 45.0 Å². The third kappa shape index (κ3) is 9.27. The van der Waals surface area contributed by atoms with Crippen LogP contribution in [0.1, 0.15) is 60.3 Å². The number of likely N-dealkylation sites (tertiary alicyclic amines) is 1. The maximum Gasteiger partial charge on any atom is 0.410 e. The van der Waals surface area contributed by atoms with E-state index >= 15 is 0 Å². The molecule has 2 rings (SSSR count). The Morgan fingerprint density at radius 1 is 1.28 bits per heavy atom. The van der Waals surface area contributed by atoms with Crippen molar-refractivity contribution in [1.82, 2.24) is 15.1 Å². The number of aliphatic imine (C=N–C) groups is 1. The third-order valence-corrected chi connectivity index (χ3v) is 5.18. The highest BCUT2D eigenvalue weighted by molar-refractivity contribution is 14.0. The monoisotopic (exact) mass is 524 g/mol. The molecule has 1 aliphatic carbocycles. The summed E-state index contributed by atoms with van der Waals surface area (Å²) in [6.07, 6.45) is 4.12. The van der Waals surface area contributed by atoms with Crippen molar-refractivity contribution >= 4 is 36.0 Å². The fraction of sp³-hybridized carbons (Fsp3) is 0.905. The zero-order chi connectivity index (χ0) is 20.7. The van der Waals surface area contributed by atoms with E-state index in [2.05, 4.69) is 22.1 Å². The molecule has 2 fully saturated rings. The Kier molecular flexibility index (Phi) is 11.0. The van der Waals surface area contributed by atoms with E-state index in [4.69, 9.17) is 4.74 Å². The number of carbonyl (C=O) groups is 1. The second-order valence-corrected chi connectivity index (χ2v) is 9.28. The fourth-order valence-corrected chi connectivity index (χ4v) is 3.39. The van der Waals surface area contributed by atoms with Gasteiger partial charge in [-0.05, 0) is 65.2 Å². The van der Waals surface area contributed by atoms with Crippen molar-refractivity contribution in [1.29, 1.82) is 0 Å². The van der Waals surface area contributed by atoms with Crippen molar-refractivity contribution in [3.05, 3.63) is 0 Å². The first-order valence-electron chi connectivity index (χ1n) is 10.9. The van der Waals surface area contributed by atoms with Gasteiger partial charge in [-0.2, -0.15) is 0 Å². The molecule has 1 amide bonds. The van der Waals surface area contributed by atoms with Crippen molar-refractivity contribution in [3.8, 4) is 0 Å². The molecule has 7 nitrogen and oxygen atoms in total. The van der Waals surface area contributed by atoms with Crippen LogP contribution >= 0.6 is 24.0 Å². The number of nitrogens with one attached hydrogen (secondary N) is 1. The highest BCUT2D eigenvalue weighted by Crippen LogP contribution is 2.32.